The normalized spacial score (nSPS) is 10.8. The summed E-state index contributed by atoms with van der Waals surface area (Å²) in [5.74, 6) is 0.488. The summed E-state index contributed by atoms with van der Waals surface area (Å²) in [4.78, 5) is 12.5. The smallest absolute Gasteiger partial charge is 0.266 e. The fourth-order valence-electron chi connectivity index (χ4n) is 2.27. The molecular weight excluding hydrogens is 420 g/mol. The Bertz CT molecular complexity index is 920. The number of ether oxygens (including phenoxy) is 2. The first-order chi connectivity index (χ1) is 12.4. The zero-order valence-corrected chi connectivity index (χ0v) is 16.7. The molecule has 2 aromatic rings. The Hall–Kier alpha value is -2.49. The van der Waals surface area contributed by atoms with Crippen LogP contribution in [0.15, 0.2) is 40.4 Å². The molecule has 0 aromatic heterocycles. The van der Waals surface area contributed by atoms with E-state index in [0.717, 1.165) is 5.56 Å². The van der Waals surface area contributed by atoms with Gasteiger partial charge in [-0.25, -0.2) is 0 Å². The number of amides is 1. The molecule has 0 unspecified atom stereocenters. The van der Waals surface area contributed by atoms with Crippen LogP contribution >= 0.6 is 27.5 Å². The predicted octanol–water partition coefficient (Wildman–Crippen LogP) is 4.97. The quantitative estimate of drug-likeness (QED) is 0.531. The number of nitrogens with zero attached hydrogens (tertiary/aromatic N) is 1. The Balaban J connectivity index is 2.36. The Labute approximate surface area is 165 Å². The lowest BCUT2D eigenvalue weighted by atomic mass is 10.1. The lowest BCUT2D eigenvalue weighted by Gasteiger charge is -2.11. The molecule has 0 aliphatic heterocycles. The molecule has 26 heavy (non-hydrogen) atoms. The van der Waals surface area contributed by atoms with Gasteiger partial charge in [0.2, 0.25) is 0 Å². The van der Waals surface area contributed by atoms with Gasteiger partial charge in [0.1, 0.15) is 11.6 Å². The van der Waals surface area contributed by atoms with E-state index in [2.05, 4.69) is 21.2 Å². The third kappa shape index (κ3) is 4.37. The number of halogens is 2. The maximum absolute atomic E-state index is 12.5. The zero-order chi connectivity index (χ0) is 19.3. The van der Waals surface area contributed by atoms with E-state index in [4.69, 9.17) is 21.1 Å². The van der Waals surface area contributed by atoms with Gasteiger partial charge in [-0.2, -0.15) is 5.26 Å². The first-order valence-electron chi connectivity index (χ1n) is 7.51. The second-order valence-corrected chi connectivity index (χ2v) is 6.54. The van der Waals surface area contributed by atoms with Gasteiger partial charge in [0, 0.05) is 10.7 Å². The number of nitrogens with one attached hydrogen (secondary N) is 1. The number of nitriles is 1. The maximum Gasteiger partial charge on any atom is 0.266 e. The standard InChI is InChI=1S/C19H16BrClN2O3/c1-11-15(21)5-4-6-16(11)23-19(24)13(10-22)7-12-8-14(20)18(26-3)17(9-12)25-2/h4-9H,1-3H3,(H,23,24)/b13-7+. The van der Waals surface area contributed by atoms with Crippen molar-refractivity contribution in [2.75, 3.05) is 19.5 Å². The van der Waals surface area contributed by atoms with Gasteiger partial charge in [-0.3, -0.25) is 4.79 Å². The van der Waals surface area contributed by atoms with E-state index in [0.29, 0.717) is 32.2 Å². The van der Waals surface area contributed by atoms with Gasteiger partial charge in [0.05, 0.1) is 18.7 Å². The summed E-state index contributed by atoms with van der Waals surface area (Å²) in [6, 6.07) is 10.5. The number of rotatable bonds is 5. The number of hydrogen-bond donors (Lipinski definition) is 1. The highest BCUT2D eigenvalue weighted by atomic mass is 79.9. The van der Waals surface area contributed by atoms with Crippen molar-refractivity contribution in [3.05, 3.63) is 56.5 Å². The Morgan fingerprint density at radius 2 is 2.04 bits per heavy atom. The van der Waals surface area contributed by atoms with Crippen LogP contribution in [0.5, 0.6) is 11.5 Å². The Kier molecular flexibility index (Phi) is 6.67. The summed E-state index contributed by atoms with van der Waals surface area (Å²) in [5, 5.41) is 12.6. The van der Waals surface area contributed by atoms with Crippen LogP contribution < -0.4 is 14.8 Å². The van der Waals surface area contributed by atoms with Crippen molar-refractivity contribution in [2.45, 2.75) is 6.92 Å². The van der Waals surface area contributed by atoms with E-state index >= 15 is 0 Å². The second kappa shape index (κ2) is 8.75. The van der Waals surface area contributed by atoms with Crippen LogP contribution in [-0.2, 0) is 4.79 Å². The van der Waals surface area contributed by atoms with Crippen LogP contribution in [0.1, 0.15) is 11.1 Å². The topological polar surface area (TPSA) is 71.3 Å². The average molecular weight is 436 g/mol. The van der Waals surface area contributed by atoms with E-state index in [9.17, 15) is 10.1 Å². The molecule has 0 aliphatic carbocycles. The van der Waals surface area contributed by atoms with Gasteiger partial charge < -0.3 is 14.8 Å². The molecule has 0 fully saturated rings. The summed E-state index contributed by atoms with van der Waals surface area (Å²) in [6.45, 7) is 1.79. The molecule has 0 heterocycles. The predicted molar refractivity (Wildman–Crippen MR) is 106 cm³/mol. The van der Waals surface area contributed by atoms with Crippen LogP contribution in [0.2, 0.25) is 5.02 Å². The molecule has 1 N–H and O–H groups in total. The molecule has 0 aliphatic rings. The number of hydrogen-bond acceptors (Lipinski definition) is 4. The summed E-state index contributed by atoms with van der Waals surface area (Å²) >= 11 is 9.44. The van der Waals surface area contributed by atoms with E-state index in [1.807, 2.05) is 6.07 Å². The number of carbonyl (C=O) groups excluding carboxylic acids is 1. The minimum absolute atomic E-state index is 0.0523. The number of carbonyl (C=O) groups is 1. The van der Waals surface area contributed by atoms with E-state index in [1.165, 1.54) is 20.3 Å². The van der Waals surface area contributed by atoms with Crippen molar-refractivity contribution >= 4 is 45.2 Å². The van der Waals surface area contributed by atoms with Gasteiger partial charge in [0.25, 0.3) is 5.91 Å². The molecule has 0 radical (unpaired) electrons. The molecule has 0 saturated heterocycles. The first kappa shape index (κ1) is 19.8. The highest BCUT2D eigenvalue weighted by molar-refractivity contribution is 9.10. The minimum Gasteiger partial charge on any atom is -0.493 e. The molecule has 0 spiro atoms. The first-order valence-corrected chi connectivity index (χ1v) is 8.68. The zero-order valence-electron chi connectivity index (χ0n) is 14.4. The molecule has 0 atom stereocenters. The molecule has 2 aromatic carbocycles. The summed E-state index contributed by atoms with van der Waals surface area (Å²) < 4.78 is 11.2. The molecule has 7 heteroatoms. The lowest BCUT2D eigenvalue weighted by molar-refractivity contribution is -0.112. The highest BCUT2D eigenvalue weighted by Crippen LogP contribution is 2.36. The minimum atomic E-state index is -0.524. The van der Waals surface area contributed by atoms with Crippen LogP contribution in [-0.4, -0.2) is 20.1 Å². The monoisotopic (exact) mass is 434 g/mol. The molecule has 0 saturated carbocycles. The largest absolute Gasteiger partial charge is 0.493 e. The van der Waals surface area contributed by atoms with Gasteiger partial charge in [0.15, 0.2) is 11.5 Å². The van der Waals surface area contributed by atoms with E-state index in [1.54, 1.807) is 37.3 Å². The summed E-state index contributed by atoms with van der Waals surface area (Å²) in [7, 11) is 3.04. The van der Waals surface area contributed by atoms with Gasteiger partial charge in [-0.15, -0.1) is 0 Å². The van der Waals surface area contributed by atoms with Gasteiger partial charge in [-0.05, 0) is 64.3 Å². The molecule has 134 valence electrons. The van der Waals surface area contributed by atoms with E-state index in [-0.39, 0.29) is 5.57 Å². The van der Waals surface area contributed by atoms with Gasteiger partial charge in [-0.1, -0.05) is 17.7 Å². The van der Waals surface area contributed by atoms with Crippen molar-refractivity contribution in [3.8, 4) is 17.6 Å². The average Bonchev–Trinajstić information content (AvgIpc) is 2.62. The van der Waals surface area contributed by atoms with Crippen LogP contribution in [0.3, 0.4) is 0 Å². The molecule has 1 amide bonds. The Morgan fingerprint density at radius 1 is 1.31 bits per heavy atom. The summed E-state index contributed by atoms with van der Waals surface area (Å²) in [5.41, 5.74) is 1.85. The lowest BCUT2D eigenvalue weighted by Crippen LogP contribution is -2.14. The Morgan fingerprint density at radius 3 is 2.65 bits per heavy atom. The number of benzene rings is 2. The number of anilines is 1. The van der Waals surface area contributed by atoms with Crippen LogP contribution in [0.4, 0.5) is 5.69 Å². The SMILES string of the molecule is COc1cc(/C=C(\C#N)C(=O)Nc2cccc(Cl)c2C)cc(Br)c1OC. The van der Waals surface area contributed by atoms with Crippen molar-refractivity contribution in [2.24, 2.45) is 0 Å². The van der Waals surface area contributed by atoms with Crippen LogP contribution in [0.25, 0.3) is 6.08 Å². The van der Waals surface area contributed by atoms with Gasteiger partial charge >= 0.3 is 0 Å². The van der Waals surface area contributed by atoms with Crippen molar-refractivity contribution in [3.63, 3.8) is 0 Å². The van der Waals surface area contributed by atoms with E-state index < -0.39 is 5.91 Å². The van der Waals surface area contributed by atoms with Crippen molar-refractivity contribution < 1.29 is 14.3 Å². The van der Waals surface area contributed by atoms with Crippen LogP contribution in [0, 0.1) is 18.3 Å². The fraction of sp³-hybridized carbons (Fsp3) is 0.158. The molecule has 2 rings (SSSR count). The number of methoxy groups -OCH3 is 2. The van der Waals surface area contributed by atoms with Crippen molar-refractivity contribution in [1.82, 2.24) is 0 Å². The third-order valence-electron chi connectivity index (χ3n) is 3.65. The molecular formula is C19H16BrClN2O3. The third-order valence-corrected chi connectivity index (χ3v) is 4.65. The second-order valence-electron chi connectivity index (χ2n) is 5.27. The fourth-order valence-corrected chi connectivity index (χ4v) is 3.07. The van der Waals surface area contributed by atoms with Crippen molar-refractivity contribution in [1.29, 1.82) is 5.26 Å². The summed E-state index contributed by atoms with van der Waals surface area (Å²) in [6.07, 6.45) is 1.47. The molecule has 0 bridgehead atoms. The maximum atomic E-state index is 12.5. The molecule has 5 nitrogen and oxygen atoms in total. The highest BCUT2D eigenvalue weighted by Gasteiger charge is 2.14.